The van der Waals surface area contributed by atoms with Crippen LogP contribution in [0.15, 0.2) is 59.4 Å². The van der Waals surface area contributed by atoms with Crippen molar-refractivity contribution in [1.29, 1.82) is 0 Å². The van der Waals surface area contributed by atoms with Crippen LogP contribution in [0.2, 0.25) is 0 Å². The average Bonchev–Trinajstić information content (AvgIpc) is 3.89. The lowest BCUT2D eigenvalue weighted by Crippen LogP contribution is -2.52. The zero-order valence-corrected chi connectivity index (χ0v) is 38.8. The fourth-order valence-corrected chi connectivity index (χ4v) is 9.53. The summed E-state index contributed by atoms with van der Waals surface area (Å²) in [5, 5.41) is 13.4. The van der Waals surface area contributed by atoms with Gasteiger partial charge in [0, 0.05) is 54.1 Å². The van der Waals surface area contributed by atoms with Gasteiger partial charge in [0.15, 0.2) is 5.60 Å². The number of cyclic esters (lactones) is 1. The van der Waals surface area contributed by atoms with Gasteiger partial charge in [0.1, 0.15) is 25.2 Å². The van der Waals surface area contributed by atoms with Gasteiger partial charge in [-0.3, -0.25) is 43.3 Å². The predicted molar refractivity (Wildman–Crippen MR) is 249 cm³/mol. The summed E-state index contributed by atoms with van der Waals surface area (Å²) in [5.41, 5.74) is 3.97. The molecule has 366 valence electrons. The van der Waals surface area contributed by atoms with E-state index in [1.165, 1.54) is 18.2 Å². The lowest BCUT2D eigenvalue weighted by atomic mass is 9.84. The number of hydrogen-bond donors (Lipinski definition) is 5. The second-order valence-corrected chi connectivity index (χ2v) is 17.6. The molecule has 3 aliphatic heterocycles. The molecule has 0 saturated carbocycles. The number of aromatic nitrogens is 2. The van der Waals surface area contributed by atoms with Gasteiger partial charge >= 0.3 is 5.97 Å². The number of amides is 7. The van der Waals surface area contributed by atoms with Gasteiger partial charge < -0.3 is 40.6 Å². The predicted octanol–water partition coefficient (Wildman–Crippen LogP) is 1.68. The lowest BCUT2D eigenvalue weighted by molar-refractivity contribution is -0.182. The molecule has 0 spiro atoms. The van der Waals surface area contributed by atoms with Crippen molar-refractivity contribution < 1.29 is 52.2 Å². The molecular formula is C50H53FN8O11. The molecule has 5 heterocycles. The smallest absolute Gasteiger partial charge is 0.343 e. The number of ether oxygens (including phenoxy) is 2. The minimum absolute atomic E-state index is 0.0239. The largest absolute Gasteiger partial charge is 0.458 e. The topological polar surface area (TPSA) is 253 Å². The molecule has 8 rings (SSSR count). The third-order valence-electron chi connectivity index (χ3n) is 13.3. The Hall–Kier alpha value is -7.61. The normalized spacial score (nSPS) is 16.8. The number of carbonyl (C=O) groups excluding carboxylic acids is 8. The Morgan fingerprint density at radius 1 is 0.829 bits per heavy atom. The zero-order chi connectivity index (χ0) is 49.7. The first-order valence-corrected chi connectivity index (χ1v) is 23.4. The number of rotatable bonds is 20. The van der Waals surface area contributed by atoms with E-state index in [0.717, 1.165) is 46.2 Å². The van der Waals surface area contributed by atoms with Gasteiger partial charge in [-0.25, -0.2) is 14.2 Å². The van der Waals surface area contributed by atoms with Crippen molar-refractivity contribution in [2.75, 3.05) is 32.9 Å². The molecule has 7 amide bonds. The Morgan fingerprint density at radius 2 is 1.53 bits per heavy atom. The summed E-state index contributed by atoms with van der Waals surface area (Å²) in [5.74, 6) is -5.01. The Bertz CT molecular complexity index is 2900. The molecule has 4 aromatic rings. The number of halogens is 1. The number of nitrogens with zero attached hydrogens (tertiary/aromatic N) is 3. The lowest BCUT2D eigenvalue weighted by Gasteiger charge is -2.36. The van der Waals surface area contributed by atoms with Gasteiger partial charge in [0.05, 0.1) is 48.6 Å². The number of esters is 1. The van der Waals surface area contributed by atoms with Crippen molar-refractivity contribution >= 4 is 58.2 Å². The summed E-state index contributed by atoms with van der Waals surface area (Å²) in [6, 6.07) is 10.7. The summed E-state index contributed by atoms with van der Waals surface area (Å²) in [4.78, 5) is 121. The second-order valence-electron chi connectivity index (χ2n) is 17.6. The Morgan fingerprint density at radius 3 is 2.29 bits per heavy atom. The van der Waals surface area contributed by atoms with Crippen molar-refractivity contribution in [2.24, 2.45) is 0 Å². The van der Waals surface area contributed by atoms with E-state index >= 15 is 4.39 Å². The zero-order valence-electron chi connectivity index (χ0n) is 38.8. The number of pyridine rings is 2. The number of carbonyl (C=O) groups is 8. The molecule has 2 aromatic carbocycles. The van der Waals surface area contributed by atoms with Crippen LogP contribution in [0.5, 0.6) is 0 Å². The van der Waals surface area contributed by atoms with Crippen LogP contribution in [0.4, 0.5) is 4.39 Å². The van der Waals surface area contributed by atoms with E-state index < -0.39 is 73.5 Å². The van der Waals surface area contributed by atoms with Crippen molar-refractivity contribution in [3.8, 4) is 11.4 Å². The van der Waals surface area contributed by atoms with Crippen LogP contribution in [-0.4, -0.2) is 101 Å². The molecule has 0 radical (unpaired) electrons. The molecule has 0 unspecified atom stereocenters. The number of hydrogen-bond acceptors (Lipinski definition) is 12. The summed E-state index contributed by atoms with van der Waals surface area (Å²) in [6.45, 7) is 1.69. The number of aryl methyl sites for hydroxylation is 2. The Labute approximate surface area is 400 Å². The highest BCUT2D eigenvalue weighted by molar-refractivity contribution is 6.12. The molecule has 2 atom stereocenters. The monoisotopic (exact) mass is 960 g/mol. The SMILES string of the molecule is CC[C@@]1(OCNC(=O)CNC(=O)[C@H](Cc2ccccc2)NC(=O)CNC(=O)CNC(=O)CCCCCN2C(=O)C=CC2=O)C(=O)OCc2c1cc1n(c2=O)Cc2c-1nc1cc(F)c(C)c3c1c2CCC3. The first-order valence-electron chi connectivity index (χ1n) is 23.4. The summed E-state index contributed by atoms with van der Waals surface area (Å²) in [7, 11) is 0. The molecule has 70 heavy (non-hydrogen) atoms. The van der Waals surface area contributed by atoms with E-state index in [-0.39, 0.29) is 73.3 Å². The van der Waals surface area contributed by atoms with E-state index in [1.54, 1.807) is 54.8 Å². The fourth-order valence-electron chi connectivity index (χ4n) is 9.53. The average molecular weight is 961 g/mol. The van der Waals surface area contributed by atoms with Crippen molar-refractivity contribution in [2.45, 2.75) is 96.4 Å². The molecule has 2 aromatic heterocycles. The van der Waals surface area contributed by atoms with Gasteiger partial charge in [-0.1, -0.05) is 43.7 Å². The van der Waals surface area contributed by atoms with Crippen LogP contribution in [0.3, 0.4) is 0 Å². The maximum Gasteiger partial charge on any atom is 0.343 e. The number of benzene rings is 2. The van der Waals surface area contributed by atoms with Crippen LogP contribution in [-0.2, 0) is 85.8 Å². The van der Waals surface area contributed by atoms with E-state index in [9.17, 15) is 43.2 Å². The second kappa shape index (κ2) is 20.9. The summed E-state index contributed by atoms with van der Waals surface area (Å²) in [6.07, 6.45) is 6.46. The number of imide groups is 1. The third-order valence-corrected chi connectivity index (χ3v) is 13.3. The van der Waals surface area contributed by atoms with Crippen molar-refractivity contribution in [3.63, 3.8) is 0 Å². The van der Waals surface area contributed by atoms with Crippen LogP contribution >= 0.6 is 0 Å². The Balaban J connectivity index is 0.842. The highest BCUT2D eigenvalue weighted by Gasteiger charge is 2.48. The minimum atomic E-state index is -1.80. The van der Waals surface area contributed by atoms with E-state index in [2.05, 4.69) is 26.6 Å². The first kappa shape index (κ1) is 48.8. The molecule has 19 nitrogen and oxygen atoms in total. The maximum absolute atomic E-state index is 15.1. The van der Waals surface area contributed by atoms with Crippen LogP contribution in [0.1, 0.15) is 84.4 Å². The molecule has 4 aliphatic rings. The number of unbranched alkanes of at least 4 members (excludes halogenated alkanes) is 2. The van der Waals surface area contributed by atoms with Gasteiger partial charge in [-0.05, 0) is 73.8 Å². The molecule has 5 N–H and O–H groups in total. The van der Waals surface area contributed by atoms with Crippen LogP contribution in [0.25, 0.3) is 22.3 Å². The maximum atomic E-state index is 15.1. The highest BCUT2D eigenvalue weighted by Crippen LogP contribution is 2.44. The van der Waals surface area contributed by atoms with E-state index in [0.29, 0.717) is 47.3 Å². The highest BCUT2D eigenvalue weighted by atomic mass is 19.1. The minimum Gasteiger partial charge on any atom is -0.458 e. The fraction of sp³-hybridized carbons (Fsp3) is 0.400. The molecule has 20 heteroatoms. The van der Waals surface area contributed by atoms with E-state index in [1.807, 2.05) is 0 Å². The van der Waals surface area contributed by atoms with Crippen LogP contribution in [0, 0.1) is 12.7 Å². The van der Waals surface area contributed by atoms with Crippen molar-refractivity contribution in [3.05, 3.63) is 110 Å². The Kier molecular flexibility index (Phi) is 14.6. The number of nitrogens with one attached hydrogen (secondary N) is 5. The molecule has 1 aliphatic carbocycles. The van der Waals surface area contributed by atoms with Gasteiger partial charge in [0.25, 0.3) is 17.4 Å². The van der Waals surface area contributed by atoms with Crippen molar-refractivity contribution in [1.82, 2.24) is 41.0 Å². The van der Waals surface area contributed by atoms with Crippen LogP contribution < -0.4 is 32.1 Å². The molecule has 0 saturated heterocycles. The quantitative estimate of drug-likeness (QED) is 0.0324. The summed E-state index contributed by atoms with van der Waals surface area (Å²) >= 11 is 0. The van der Waals surface area contributed by atoms with Gasteiger partial charge in [0.2, 0.25) is 29.5 Å². The van der Waals surface area contributed by atoms with Gasteiger partial charge in [-0.15, -0.1) is 0 Å². The molecular weight excluding hydrogens is 908 g/mol. The van der Waals surface area contributed by atoms with Gasteiger partial charge in [-0.2, -0.15) is 0 Å². The first-order chi connectivity index (χ1) is 33.7. The molecule has 0 fully saturated rings. The van der Waals surface area contributed by atoms with E-state index in [4.69, 9.17) is 14.5 Å². The standard InChI is InChI=1S/C50H53FN8O11/c1-3-50(34-20-38-46-32(25-59(38)48(67)33(34)26-69-49(50)68)31-14-10-13-30-28(2)35(51)21-36(57-46)45(30)31)70-27-55-41(62)23-54-47(66)37(19-29-11-6-4-7-12-29)56-42(63)24-53-40(61)22-52-39(60)15-8-5-9-18-58-43(64)16-17-44(58)65/h4,6-7,11-12,16-17,20-21,37H,3,5,8-10,13-15,18-19,22-27H2,1-2H3,(H,52,60)(H,53,61)(H,54,66)(H,55,62)(H,56,63)/t37-,50-/m0/s1. The molecule has 0 bridgehead atoms. The third kappa shape index (κ3) is 10.1. The number of fused-ring (bicyclic) bond motifs is 5. The summed E-state index contributed by atoms with van der Waals surface area (Å²) < 4.78 is 28.4.